The van der Waals surface area contributed by atoms with Crippen molar-refractivity contribution in [3.8, 4) is 11.5 Å². The van der Waals surface area contributed by atoms with Gasteiger partial charge in [0, 0.05) is 5.56 Å². The van der Waals surface area contributed by atoms with Crippen molar-refractivity contribution in [2.45, 2.75) is 12.5 Å². The summed E-state index contributed by atoms with van der Waals surface area (Å²) in [4.78, 5) is 11.3. The minimum absolute atomic E-state index is 0.0785. The predicted molar refractivity (Wildman–Crippen MR) is 70.5 cm³/mol. The van der Waals surface area contributed by atoms with Crippen LogP contribution in [0.5, 0.6) is 11.5 Å². The third kappa shape index (κ3) is 3.84. The summed E-state index contributed by atoms with van der Waals surface area (Å²) in [6.07, 6.45) is -6.51. The Morgan fingerprint density at radius 1 is 0.909 bits per heavy atom. The zero-order chi connectivity index (χ0) is 16.3. The Hall–Kier alpha value is -2.38. The molecule has 0 saturated heterocycles. The second-order valence-electron chi connectivity index (χ2n) is 4.39. The summed E-state index contributed by atoms with van der Waals surface area (Å²) in [7, 11) is 0. The van der Waals surface area contributed by atoms with Crippen molar-refractivity contribution in [3.63, 3.8) is 0 Å². The highest BCUT2D eigenvalue weighted by molar-refractivity contribution is 5.98. The molecule has 0 saturated carbocycles. The number of ether oxygens (including phenoxy) is 1. The summed E-state index contributed by atoms with van der Waals surface area (Å²) in [6.45, 7) is 0. The molecule has 2 aromatic carbocycles. The summed E-state index contributed by atoms with van der Waals surface area (Å²) >= 11 is 0. The number of Topliss-reactive ketones (excluding diaryl/α,β-unsaturated/α-hetero) is 1. The van der Waals surface area contributed by atoms with Crippen molar-refractivity contribution in [1.29, 1.82) is 0 Å². The molecule has 0 radical (unpaired) electrons. The molecular weight excluding hydrogens is 301 g/mol. The average molecular weight is 312 g/mol. The molecule has 7 heteroatoms. The molecule has 0 unspecified atom stereocenters. The number of carbonyl (C=O) groups excluding carboxylic acids is 1. The van der Waals surface area contributed by atoms with Crippen LogP contribution in [0.2, 0.25) is 0 Å². The second-order valence-corrected chi connectivity index (χ2v) is 4.39. The van der Waals surface area contributed by atoms with Gasteiger partial charge in [-0.3, -0.25) is 4.79 Å². The van der Waals surface area contributed by atoms with E-state index in [2.05, 4.69) is 0 Å². The van der Waals surface area contributed by atoms with E-state index in [1.807, 2.05) is 0 Å². The van der Waals surface area contributed by atoms with Crippen molar-refractivity contribution in [1.82, 2.24) is 0 Å². The van der Waals surface area contributed by atoms with Crippen LogP contribution in [-0.4, -0.2) is 22.3 Å². The van der Waals surface area contributed by atoms with Crippen LogP contribution >= 0.6 is 0 Å². The summed E-state index contributed by atoms with van der Waals surface area (Å²) in [6, 6.07) is 9.59. The first-order valence-corrected chi connectivity index (χ1v) is 6.13. The number of aliphatic hydroxyl groups excluding tert-OH is 1. The van der Waals surface area contributed by atoms with Gasteiger partial charge in [0.25, 0.3) is 0 Å². The van der Waals surface area contributed by atoms with E-state index in [0.29, 0.717) is 5.75 Å². The van der Waals surface area contributed by atoms with Gasteiger partial charge in [-0.1, -0.05) is 0 Å². The molecule has 0 atom stereocenters. The van der Waals surface area contributed by atoms with Gasteiger partial charge in [0.2, 0.25) is 12.1 Å². The first kappa shape index (κ1) is 16.0. The Balaban J connectivity index is 2.09. The molecule has 2 N–H and O–H groups in total. The van der Waals surface area contributed by atoms with Crippen molar-refractivity contribution in [2.75, 3.05) is 0 Å². The molecular formula is C15H11F3O4. The quantitative estimate of drug-likeness (QED) is 0.673. The Morgan fingerprint density at radius 2 is 1.36 bits per heavy atom. The normalized spacial score (nSPS) is 11.5. The number of carbonyl (C=O) groups is 1. The van der Waals surface area contributed by atoms with Crippen molar-refractivity contribution < 1.29 is 32.9 Å². The van der Waals surface area contributed by atoms with Crippen LogP contribution in [-0.2, 0) is 6.18 Å². The van der Waals surface area contributed by atoms with Gasteiger partial charge in [0.1, 0.15) is 11.5 Å². The predicted octanol–water partition coefficient (Wildman–Crippen LogP) is 2.99. The van der Waals surface area contributed by atoms with Crippen molar-refractivity contribution in [3.05, 3.63) is 59.7 Å². The highest BCUT2D eigenvalue weighted by Gasteiger charge is 2.30. The second kappa shape index (κ2) is 6.17. The molecule has 2 aromatic rings. The van der Waals surface area contributed by atoms with Gasteiger partial charge in [0.15, 0.2) is 0 Å². The minimum Gasteiger partial charge on any atom is -0.457 e. The van der Waals surface area contributed by atoms with E-state index in [1.165, 1.54) is 36.4 Å². The fraction of sp³-hybridized carbons (Fsp3) is 0.133. The van der Waals surface area contributed by atoms with Gasteiger partial charge < -0.3 is 14.9 Å². The van der Waals surface area contributed by atoms with Gasteiger partial charge in [-0.05, 0) is 48.5 Å². The molecule has 0 amide bonds. The van der Waals surface area contributed by atoms with E-state index < -0.39 is 23.8 Å². The number of rotatable bonds is 4. The van der Waals surface area contributed by atoms with Crippen LogP contribution in [0, 0.1) is 0 Å². The van der Waals surface area contributed by atoms with Gasteiger partial charge in [-0.25, -0.2) is 0 Å². The van der Waals surface area contributed by atoms with Crippen LogP contribution in [0.4, 0.5) is 13.2 Å². The third-order valence-electron chi connectivity index (χ3n) is 2.79. The maximum Gasteiger partial charge on any atom is 0.416 e. The lowest BCUT2D eigenvalue weighted by molar-refractivity contribution is -0.137. The maximum atomic E-state index is 12.4. The SMILES string of the molecule is O=C(c1ccc(Oc2ccc(C(F)(F)F)cc2)cc1)C(O)O. The zero-order valence-electron chi connectivity index (χ0n) is 11.0. The molecule has 0 spiro atoms. The summed E-state index contributed by atoms with van der Waals surface area (Å²) in [5.74, 6) is -0.362. The van der Waals surface area contributed by atoms with Crippen molar-refractivity contribution in [2.24, 2.45) is 0 Å². The number of hydrogen-bond acceptors (Lipinski definition) is 4. The van der Waals surface area contributed by atoms with E-state index in [4.69, 9.17) is 14.9 Å². The molecule has 0 aliphatic rings. The topological polar surface area (TPSA) is 66.8 Å². The van der Waals surface area contributed by atoms with Crippen LogP contribution in [0.15, 0.2) is 48.5 Å². The van der Waals surface area contributed by atoms with Crippen molar-refractivity contribution >= 4 is 5.78 Å². The van der Waals surface area contributed by atoms with Gasteiger partial charge in [0.05, 0.1) is 5.56 Å². The molecule has 116 valence electrons. The highest BCUT2D eigenvalue weighted by Crippen LogP contribution is 2.31. The van der Waals surface area contributed by atoms with E-state index in [9.17, 15) is 18.0 Å². The van der Waals surface area contributed by atoms with Gasteiger partial charge in [-0.2, -0.15) is 13.2 Å². The Morgan fingerprint density at radius 3 is 1.77 bits per heavy atom. The Labute approximate surface area is 123 Å². The Kier molecular flexibility index (Phi) is 4.48. The lowest BCUT2D eigenvalue weighted by Gasteiger charge is -2.09. The average Bonchev–Trinajstić information content (AvgIpc) is 2.47. The summed E-state index contributed by atoms with van der Waals surface area (Å²) in [5.41, 5.74) is -0.701. The van der Waals surface area contributed by atoms with Crippen LogP contribution in [0.25, 0.3) is 0 Å². The highest BCUT2D eigenvalue weighted by atomic mass is 19.4. The van der Waals surface area contributed by atoms with E-state index in [-0.39, 0.29) is 11.3 Å². The number of halogens is 3. The lowest BCUT2D eigenvalue weighted by atomic mass is 10.1. The van der Waals surface area contributed by atoms with Gasteiger partial charge in [-0.15, -0.1) is 0 Å². The number of hydrogen-bond donors (Lipinski definition) is 2. The minimum atomic E-state index is -4.41. The molecule has 0 aliphatic heterocycles. The molecule has 0 aromatic heterocycles. The summed E-state index contributed by atoms with van der Waals surface area (Å²) in [5, 5.41) is 17.5. The zero-order valence-corrected chi connectivity index (χ0v) is 11.0. The van der Waals surface area contributed by atoms with Crippen LogP contribution in [0.1, 0.15) is 15.9 Å². The number of ketones is 1. The van der Waals surface area contributed by atoms with Gasteiger partial charge >= 0.3 is 6.18 Å². The number of benzene rings is 2. The molecule has 2 rings (SSSR count). The Bertz CT molecular complexity index is 646. The molecule has 4 nitrogen and oxygen atoms in total. The molecule has 22 heavy (non-hydrogen) atoms. The maximum absolute atomic E-state index is 12.4. The smallest absolute Gasteiger partial charge is 0.416 e. The third-order valence-corrected chi connectivity index (χ3v) is 2.79. The van der Waals surface area contributed by atoms with Crippen LogP contribution < -0.4 is 4.74 Å². The van der Waals surface area contributed by atoms with E-state index in [0.717, 1.165) is 12.1 Å². The lowest BCUT2D eigenvalue weighted by Crippen LogP contribution is -2.19. The first-order valence-electron chi connectivity index (χ1n) is 6.13. The number of aliphatic hydroxyl groups is 2. The fourth-order valence-corrected chi connectivity index (χ4v) is 1.68. The van der Waals surface area contributed by atoms with E-state index in [1.54, 1.807) is 0 Å². The van der Waals surface area contributed by atoms with E-state index >= 15 is 0 Å². The largest absolute Gasteiger partial charge is 0.457 e. The molecule has 0 fully saturated rings. The van der Waals surface area contributed by atoms with Crippen LogP contribution in [0.3, 0.4) is 0 Å². The first-order chi connectivity index (χ1) is 10.3. The molecule has 0 heterocycles. The number of alkyl halides is 3. The fourth-order valence-electron chi connectivity index (χ4n) is 1.68. The molecule has 0 bridgehead atoms. The summed E-state index contributed by atoms with van der Waals surface area (Å²) < 4.78 is 42.6. The molecule has 0 aliphatic carbocycles. The standard InChI is InChI=1S/C15H11F3O4/c16-15(17,18)10-3-7-12(8-4-10)22-11-5-1-9(2-6-11)13(19)14(20)21/h1-8,14,20-21H. The monoisotopic (exact) mass is 312 g/mol.